The van der Waals surface area contributed by atoms with E-state index in [2.05, 4.69) is 23.6 Å². The number of rotatable bonds is 3. The van der Waals surface area contributed by atoms with Gasteiger partial charge >= 0.3 is 0 Å². The van der Waals surface area contributed by atoms with E-state index in [-0.39, 0.29) is 24.4 Å². The number of nitrogens with zero attached hydrogens (tertiary/aromatic N) is 3. The molecule has 0 aliphatic carbocycles. The van der Waals surface area contributed by atoms with Gasteiger partial charge in [-0.2, -0.15) is 0 Å². The van der Waals surface area contributed by atoms with Crippen LogP contribution in [0.2, 0.25) is 0 Å². The first kappa shape index (κ1) is 17.3. The molecule has 5 heteroatoms. The Morgan fingerprint density at radius 2 is 1.74 bits per heavy atom. The molecule has 0 spiro atoms. The zero-order chi connectivity index (χ0) is 19.3. The van der Waals surface area contributed by atoms with Crippen LogP contribution in [0.15, 0.2) is 48.5 Å². The molecule has 1 aromatic heterocycles. The van der Waals surface area contributed by atoms with Gasteiger partial charge in [-0.05, 0) is 24.6 Å². The van der Waals surface area contributed by atoms with Crippen molar-refractivity contribution in [3.05, 3.63) is 70.9 Å². The van der Waals surface area contributed by atoms with Gasteiger partial charge in [0.15, 0.2) is 0 Å². The highest BCUT2D eigenvalue weighted by Gasteiger charge is 2.40. The van der Waals surface area contributed by atoms with Gasteiger partial charge in [-0.3, -0.25) is 9.59 Å². The number of carbonyl (C=O) groups excluding carboxylic acids is 2. The molecule has 4 rings (SSSR count). The van der Waals surface area contributed by atoms with Gasteiger partial charge in [0, 0.05) is 48.9 Å². The van der Waals surface area contributed by atoms with E-state index in [4.69, 9.17) is 0 Å². The predicted molar refractivity (Wildman–Crippen MR) is 106 cm³/mol. The molecule has 2 amide bonds. The fourth-order valence-electron chi connectivity index (χ4n) is 4.03. The van der Waals surface area contributed by atoms with E-state index in [1.54, 1.807) is 19.0 Å². The van der Waals surface area contributed by atoms with Crippen molar-refractivity contribution in [2.45, 2.75) is 13.0 Å². The van der Waals surface area contributed by atoms with Crippen LogP contribution in [0.4, 0.5) is 0 Å². The number of aryl methyl sites for hydroxylation is 1. The summed E-state index contributed by atoms with van der Waals surface area (Å²) in [5.74, 6) is -0.169. The minimum Gasteiger partial charge on any atom is -0.348 e. The van der Waals surface area contributed by atoms with Gasteiger partial charge in [0.2, 0.25) is 5.91 Å². The first-order chi connectivity index (χ1) is 12.9. The fraction of sp³-hybridized carbons (Fsp3) is 0.273. The lowest BCUT2D eigenvalue weighted by Crippen LogP contribution is -2.39. The zero-order valence-corrected chi connectivity index (χ0v) is 16.1. The van der Waals surface area contributed by atoms with Crippen molar-refractivity contribution in [2.75, 3.05) is 20.6 Å². The molecule has 1 aliphatic heterocycles. The third kappa shape index (κ3) is 2.53. The molecule has 0 bridgehead atoms. The minimum atomic E-state index is -0.260. The van der Waals surface area contributed by atoms with Crippen LogP contribution in [0, 0.1) is 6.92 Å². The summed E-state index contributed by atoms with van der Waals surface area (Å²) in [4.78, 5) is 28.8. The summed E-state index contributed by atoms with van der Waals surface area (Å²) < 4.78 is 2.15. The van der Waals surface area contributed by atoms with E-state index >= 15 is 0 Å². The van der Waals surface area contributed by atoms with Crippen LogP contribution in [0.25, 0.3) is 10.9 Å². The Hall–Kier alpha value is -3.08. The summed E-state index contributed by atoms with van der Waals surface area (Å²) in [5, 5.41) is 1.12. The van der Waals surface area contributed by atoms with Crippen molar-refractivity contribution in [2.24, 2.45) is 7.05 Å². The first-order valence-corrected chi connectivity index (χ1v) is 9.05. The van der Waals surface area contributed by atoms with E-state index in [1.807, 2.05) is 43.4 Å². The quantitative estimate of drug-likeness (QED) is 0.720. The molecule has 3 aromatic rings. The van der Waals surface area contributed by atoms with Crippen LogP contribution in [-0.4, -0.2) is 46.8 Å². The highest BCUT2D eigenvalue weighted by atomic mass is 16.2. The van der Waals surface area contributed by atoms with Crippen LogP contribution >= 0.6 is 0 Å². The van der Waals surface area contributed by atoms with Gasteiger partial charge in [-0.25, -0.2) is 0 Å². The molecule has 1 aliphatic rings. The summed E-state index contributed by atoms with van der Waals surface area (Å²) in [6.07, 6.45) is 0. The van der Waals surface area contributed by atoms with Crippen molar-refractivity contribution in [1.82, 2.24) is 14.4 Å². The molecule has 0 unspecified atom stereocenters. The number of hydrogen-bond donors (Lipinski definition) is 0. The molecular formula is C22H23N3O2. The lowest BCUT2D eigenvalue weighted by Gasteiger charge is -2.27. The number of hydrogen-bond acceptors (Lipinski definition) is 2. The molecule has 27 heavy (non-hydrogen) atoms. The highest BCUT2D eigenvalue weighted by molar-refractivity contribution is 6.02. The molecule has 2 aromatic carbocycles. The Morgan fingerprint density at radius 3 is 2.48 bits per heavy atom. The predicted octanol–water partition coefficient (Wildman–Crippen LogP) is 3.12. The van der Waals surface area contributed by atoms with Crippen LogP contribution < -0.4 is 0 Å². The Labute approximate surface area is 158 Å². The number of fused-ring (bicyclic) bond motifs is 2. The first-order valence-electron chi connectivity index (χ1n) is 9.05. The maximum Gasteiger partial charge on any atom is 0.255 e. The summed E-state index contributed by atoms with van der Waals surface area (Å²) in [6.45, 7) is 2.14. The van der Waals surface area contributed by atoms with Crippen LogP contribution in [0.1, 0.15) is 33.2 Å². The SMILES string of the molecule is Cc1c([C@H]2c3ccccc3C(=O)N2CC(=O)N(C)C)c2ccccc2n1C. The number of benzene rings is 2. The molecule has 0 N–H and O–H groups in total. The van der Waals surface area contributed by atoms with Crippen LogP contribution in [-0.2, 0) is 11.8 Å². The topological polar surface area (TPSA) is 45.6 Å². The monoisotopic (exact) mass is 361 g/mol. The lowest BCUT2D eigenvalue weighted by atomic mass is 9.95. The maximum absolute atomic E-state index is 13.1. The van der Waals surface area contributed by atoms with Gasteiger partial charge in [0.05, 0.1) is 6.04 Å². The van der Waals surface area contributed by atoms with E-state index in [1.165, 1.54) is 4.90 Å². The van der Waals surface area contributed by atoms with Crippen molar-refractivity contribution >= 4 is 22.7 Å². The Morgan fingerprint density at radius 1 is 1.07 bits per heavy atom. The van der Waals surface area contributed by atoms with E-state index in [0.29, 0.717) is 5.56 Å². The van der Waals surface area contributed by atoms with Gasteiger partial charge in [0.25, 0.3) is 5.91 Å². The summed E-state index contributed by atoms with van der Waals surface area (Å²) in [7, 11) is 5.47. The van der Waals surface area contributed by atoms with Crippen LogP contribution in [0.5, 0.6) is 0 Å². The van der Waals surface area contributed by atoms with Gasteiger partial charge < -0.3 is 14.4 Å². The average Bonchev–Trinajstić information content (AvgIpc) is 3.08. The number of likely N-dealkylation sites (N-methyl/N-ethyl adjacent to an activating group) is 1. The Kier molecular flexibility index (Phi) is 4.02. The summed E-state index contributed by atoms with van der Waals surface area (Å²) >= 11 is 0. The van der Waals surface area contributed by atoms with Crippen molar-refractivity contribution in [1.29, 1.82) is 0 Å². The molecule has 0 saturated carbocycles. The normalized spacial score (nSPS) is 16.1. The van der Waals surface area contributed by atoms with Crippen molar-refractivity contribution in [3.8, 4) is 0 Å². The standard InChI is InChI=1S/C22H23N3O2/c1-14-20(17-11-7-8-12-18(17)24(14)4)21-15-9-5-6-10-16(15)22(27)25(21)13-19(26)23(2)3/h5-12,21H,13H2,1-4H3/t21-/m1/s1. The third-order valence-electron chi connectivity index (χ3n) is 5.58. The van der Waals surface area contributed by atoms with E-state index in [9.17, 15) is 9.59 Å². The zero-order valence-electron chi connectivity index (χ0n) is 16.1. The lowest BCUT2D eigenvalue weighted by molar-refractivity contribution is -0.129. The van der Waals surface area contributed by atoms with Crippen LogP contribution in [0.3, 0.4) is 0 Å². The number of amides is 2. The third-order valence-corrected chi connectivity index (χ3v) is 5.58. The van der Waals surface area contributed by atoms with Crippen molar-refractivity contribution in [3.63, 3.8) is 0 Å². The second-order valence-corrected chi connectivity index (χ2v) is 7.29. The molecule has 0 saturated heterocycles. The van der Waals surface area contributed by atoms with Gasteiger partial charge in [-0.1, -0.05) is 36.4 Å². The summed E-state index contributed by atoms with van der Waals surface area (Å²) in [5.41, 5.74) is 4.97. The number of para-hydroxylation sites is 1. The molecule has 2 heterocycles. The fourth-order valence-corrected chi connectivity index (χ4v) is 4.03. The van der Waals surface area contributed by atoms with E-state index in [0.717, 1.165) is 27.7 Å². The molecule has 0 fully saturated rings. The number of aromatic nitrogens is 1. The highest BCUT2D eigenvalue weighted by Crippen LogP contribution is 2.43. The smallest absolute Gasteiger partial charge is 0.255 e. The minimum absolute atomic E-state index is 0.0633. The maximum atomic E-state index is 13.1. The average molecular weight is 361 g/mol. The van der Waals surface area contributed by atoms with Crippen molar-refractivity contribution < 1.29 is 9.59 Å². The second kappa shape index (κ2) is 6.27. The van der Waals surface area contributed by atoms with E-state index < -0.39 is 0 Å². The van der Waals surface area contributed by atoms with Gasteiger partial charge in [-0.15, -0.1) is 0 Å². The molecule has 0 radical (unpaired) electrons. The molecule has 1 atom stereocenters. The Balaban J connectivity index is 1.95. The molecular weight excluding hydrogens is 338 g/mol. The Bertz CT molecular complexity index is 1060. The molecule has 5 nitrogen and oxygen atoms in total. The second-order valence-electron chi connectivity index (χ2n) is 7.29. The van der Waals surface area contributed by atoms with Gasteiger partial charge in [0.1, 0.15) is 6.54 Å². The molecule has 138 valence electrons. The largest absolute Gasteiger partial charge is 0.348 e. The number of carbonyl (C=O) groups is 2. The summed E-state index contributed by atoms with van der Waals surface area (Å²) in [6, 6.07) is 15.6.